The largest absolute Gasteiger partial charge is 0.349 e. The van der Waals surface area contributed by atoms with Crippen LogP contribution in [0.1, 0.15) is 75.6 Å². The summed E-state index contributed by atoms with van der Waals surface area (Å²) in [5.41, 5.74) is 0.504. The lowest BCUT2D eigenvalue weighted by molar-refractivity contribution is 0.0930. The highest BCUT2D eigenvalue weighted by molar-refractivity contribution is 7.89. The van der Waals surface area contributed by atoms with Crippen LogP contribution < -0.4 is 10.0 Å². The van der Waals surface area contributed by atoms with E-state index in [-0.39, 0.29) is 22.9 Å². The van der Waals surface area contributed by atoms with Gasteiger partial charge in [-0.2, -0.15) is 0 Å². The van der Waals surface area contributed by atoms with Crippen molar-refractivity contribution in [2.75, 3.05) is 0 Å². The van der Waals surface area contributed by atoms with E-state index in [9.17, 15) is 13.2 Å². The Bertz CT molecular complexity index is 648. The average Bonchev–Trinajstić information content (AvgIpc) is 2.56. The zero-order chi connectivity index (χ0) is 18.3. The second-order valence-electron chi connectivity index (χ2n) is 6.97. The summed E-state index contributed by atoms with van der Waals surface area (Å²) in [6, 6.07) is 6.28. The van der Waals surface area contributed by atoms with Crippen molar-refractivity contribution >= 4 is 15.9 Å². The van der Waals surface area contributed by atoms with E-state index in [4.69, 9.17) is 0 Å². The number of hydrogen-bond acceptors (Lipinski definition) is 3. The Morgan fingerprint density at radius 2 is 1.64 bits per heavy atom. The van der Waals surface area contributed by atoms with E-state index in [0.717, 1.165) is 32.1 Å². The van der Waals surface area contributed by atoms with Gasteiger partial charge in [-0.1, -0.05) is 39.0 Å². The molecule has 0 aliphatic heterocycles. The van der Waals surface area contributed by atoms with Crippen LogP contribution in [0.2, 0.25) is 0 Å². The first-order valence-corrected chi connectivity index (χ1v) is 10.8. The number of nitrogens with one attached hydrogen (secondary N) is 2. The van der Waals surface area contributed by atoms with Crippen LogP contribution in [0.4, 0.5) is 0 Å². The lowest BCUT2D eigenvalue weighted by atomic mass is 9.96. The Balaban J connectivity index is 1.99. The van der Waals surface area contributed by atoms with Gasteiger partial charge in [-0.25, -0.2) is 13.1 Å². The topological polar surface area (TPSA) is 75.3 Å². The third-order valence-corrected chi connectivity index (χ3v) is 6.44. The molecule has 140 valence electrons. The van der Waals surface area contributed by atoms with Gasteiger partial charge in [-0.15, -0.1) is 0 Å². The lowest BCUT2D eigenvalue weighted by Crippen LogP contribution is -2.35. The van der Waals surface area contributed by atoms with E-state index in [1.54, 1.807) is 12.1 Å². The van der Waals surface area contributed by atoms with Crippen molar-refractivity contribution in [3.05, 3.63) is 29.8 Å². The van der Waals surface area contributed by atoms with Crippen LogP contribution >= 0.6 is 0 Å². The van der Waals surface area contributed by atoms with Crippen LogP contribution in [0.5, 0.6) is 0 Å². The quantitative estimate of drug-likeness (QED) is 0.807. The fraction of sp³-hybridized carbons (Fsp3) is 0.632. The number of carbonyl (C=O) groups excluding carboxylic acids is 1. The first-order valence-electron chi connectivity index (χ1n) is 9.35. The Hall–Kier alpha value is -1.40. The van der Waals surface area contributed by atoms with Crippen molar-refractivity contribution in [1.82, 2.24) is 10.0 Å². The number of benzene rings is 1. The molecule has 1 unspecified atom stereocenters. The number of sulfonamides is 1. The van der Waals surface area contributed by atoms with E-state index in [2.05, 4.69) is 10.0 Å². The summed E-state index contributed by atoms with van der Waals surface area (Å²) >= 11 is 0. The molecule has 1 aromatic rings. The zero-order valence-corrected chi connectivity index (χ0v) is 16.1. The fourth-order valence-corrected chi connectivity index (χ4v) is 4.40. The smallest absolute Gasteiger partial charge is 0.251 e. The Kier molecular flexibility index (Phi) is 7.44. The van der Waals surface area contributed by atoms with Crippen molar-refractivity contribution in [2.45, 2.75) is 82.2 Å². The van der Waals surface area contributed by atoms with Gasteiger partial charge < -0.3 is 5.32 Å². The molecule has 1 amide bonds. The third kappa shape index (κ3) is 6.12. The van der Waals surface area contributed by atoms with E-state index in [1.165, 1.54) is 31.4 Å². The highest BCUT2D eigenvalue weighted by atomic mass is 32.2. The Morgan fingerprint density at radius 1 is 1.08 bits per heavy atom. The minimum absolute atomic E-state index is 0.118. The minimum Gasteiger partial charge on any atom is -0.349 e. The second kappa shape index (κ2) is 9.34. The van der Waals surface area contributed by atoms with Crippen molar-refractivity contribution in [3.8, 4) is 0 Å². The van der Waals surface area contributed by atoms with Gasteiger partial charge in [0.2, 0.25) is 10.0 Å². The molecule has 0 aromatic heterocycles. The molecule has 0 spiro atoms. The predicted molar refractivity (Wildman–Crippen MR) is 100 cm³/mol. The van der Waals surface area contributed by atoms with Gasteiger partial charge in [0.05, 0.1) is 4.90 Å². The van der Waals surface area contributed by atoms with Gasteiger partial charge in [0.15, 0.2) is 0 Å². The SMILES string of the molecule is CCC(C)NS(=O)(=O)c1ccc(C(=O)NC2CCCCCCC2)cc1. The summed E-state index contributed by atoms with van der Waals surface area (Å²) in [7, 11) is -3.53. The molecule has 25 heavy (non-hydrogen) atoms. The molecule has 0 bridgehead atoms. The first-order chi connectivity index (χ1) is 11.9. The Labute approximate surface area is 151 Å². The molecule has 2 N–H and O–H groups in total. The van der Waals surface area contributed by atoms with E-state index in [1.807, 2.05) is 13.8 Å². The minimum atomic E-state index is -3.53. The summed E-state index contributed by atoms with van der Waals surface area (Å²) in [5.74, 6) is -0.121. The third-order valence-electron chi connectivity index (χ3n) is 4.84. The molecule has 1 saturated carbocycles. The van der Waals surface area contributed by atoms with Gasteiger partial charge in [-0.3, -0.25) is 4.79 Å². The number of hydrogen-bond donors (Lipinski definition) is 2. The van der Waals surface area contributed by atoms with E-state index >= 15 is 0 Å². The van der Waals surface area contributed by atoms with Crippen LogP contribution in [0.15, 0.2) is 29.2 Å². The van der Waals surface area contributed by atoms with Crippen molar-refractivity contribution < 1.29 is 13.2 Å². The molecular formula is C19H30N2O3S. The van der Waals surface area contributed by atoms with Crippen molar-refractivity contribution in [3.63, 3.8) is 0 Å². The molecule has 1 aliphatic rings. The van der Waals surface area contributed by atoms with Crippen LogP contribution in [-0.4, -0.2) is 26.4 Å². The molecule has 1 atom stereocenters. The number of amides is 1. The fourth-order valence-electron chi connectivity index (χ4n) is 3.07. The molecule has 0 heterocycles. The summed E-state index contributed by atoms with van der Waals surface area (Å²) in [6.07, 6.45) is 8.85. The standard InChI is InChI=1S/C19H30N2O3S/c1-3-15(2)21-25(23,24)18-13-11-16(12-14-18)19(22)20-17-9-7-5-4-6-8-10-17/h11-15,17,21H,3-10H2,1-2H3,(H,20,22). The van der Waals surface area contributed by atoms with Crippen molar-refractivity contribution in [1.29, 1.82) is 0 Å². The Morgan fingerprint density at radius 3 is 2.20 bits per heavy atom. The van der Waals surface area contributed by atoms with Gasteiger partial charge >= 0.3 is 0 Å². The molecule has 0 radical (unpaired) electrons. The van der Waals surface area contributed by atoms with E-state index in [0.29, 0.717) is 5.56 Å². The monoisotopic (exact) mass is 366 g/mol. The van der Waals surface area contributed by atoms with E-state index < -0.39 is 10.0 Å². The molecule has 5 nitrogen and oxygen atoms in total. The maximum absolute atomic E-state index is 12.4. The van der Waals surface area contributed by atoms with Crippen LogP contribution in [0.3, 0.4) is 0 Å². The van der Waals surface area contributed by atoms with Crippen LogP contribution in [-0.2, 0) is 10.0 Å². The maximum Gasteiger partial charge on any atom is 0.251 e. The molecule has 6 heteroatoms. The second-order valence-corrected chi connectivity index (χ2v) is 8.68. The van der Waals surface area contributed by atoms with Gasteiger partial charge in [0.1, 0.15) is 0 Å². The molecule has 1 fully saturated rings. The van der Waals surface area contributed by atoms with Gasteiger partial charge in [0.25, 0.3) is 5.91 Å². The maximum atomic E-state index is 12.4. The summed E-state index contributed by atoms with van der Waals surface area (Å²) in [6.45, 7) is 3.75. The van der Waals surface area contributed by atoms with Crippen molar-refractivity contribution in [2.24, 2.45) is 0 Å². The molecule has 0 saturated heterocycles. The normalized spacial score (nSPS) is 18.2. The molecular weight excluding hydrogens is 336 g/mol. The molecule has 1 aliphatic carbocycles. The first kappa shape index (κ1) is 19.9. The average molecular weight is 367 g/mol. The lowest BCUT2D eigenvalue weighted by Gasteiger charge is -2.21. The van der Waals surface area contributed by atoms with Crippen LogP contribution in [0, 0.1) is 0 Å². The number of rotatable bonds is 6. The summed E-state index contributed by atoms with van der Waals surface area (Å²) < 4.78 is 27.1. The highest BCUT2D eigenvalue weighted by Crippen LogP contribution is 2.18. The summed E-state index contributed by atoms with van der Waals surface area (Å²) in [4.78, 5) is 12.6. The zero-order valence-electron chi connectivity index (χ0n) is 15.3. The van der Waals surface area contributed by atoms with Gasteiger partial charge in [-0.05, 0) is 50.5 Å². The molecule has 2 rings (SSSR count). The summed E-state index contributed by atoms with van der Waals surface area (Å²) in [5, 5.41) is 3.10. The van der Waals surface area contributed by atoms with Crippen LogP contribution in [0.25, 0.3) is 0 Å². The molecule has 1 aromatic carbocycles. The predicted octanol–water partition coefficient (Wildman–Crippen LogP) is 3.61. The highest BCUT2D eigenvalue weighted by Gasteiger charge is 2.18. The number of carbonyl (C=O) groups is 1. The van der Waals surface area contributed by atoms with Gasteiger partial charge in [0, 0.05) is 17.6 Å².